The highest BCUT2D eigenvalue weighted by molar-refractivity contribution is 6.02. The zero-order valence-corrected chi connectivity index (χ0v) is 18.5. The second-order valence-corrected chi connectivity index (χ2v) is 8.92. The van der Waals surface area contributed by atoms with Crippen molar-refractivity contribution in [2.24, 2.45) is 5.84 Å². The number of carbonyl (C=O) groups is 2. The van der Waals surface area contributed by atoms with Gasteiger partial charge in [0.1, 0.15) is 24.0 Å². The lowest BCUT2D eigenvalue weighted by Gasteiger charge is -2.36. The van der Waals surface area contributed by atoms with Gasteiger partial charge in [-0.05, 0) is 45.4 Å². The number of hydrogen-bond acceptors (Lipinski definition) is 5. The largest absolute Gasteiger partial charge is 0.444 e. The highest BCUT2D eigenvalue weighted by atomic mass is 19.4. The fraction of sp³-hybridized carbons (Fsp3) is 0.524. The van der Waals surface area contributed by atoms with Gasteiger partial charge in [-0.1, -0.05) is 6.07 Å². The van der Waals surface area contributed by atoms with E-state index in [1.54, 1.807) is 26.8 Å². The van der Waals surface area contributed by atoms with E-state index in [-0.39, 0.29) is 30.7 Å². The van der Waals surface area contributed by atoms with Gasteiger partial charge in [-0.3, -0.25) is 10.2 Å². The van der Waals surface area contributed by atoms with Crippen molar-refractivity contribution in [1.82, 2.24) is 14.9 Å². The number of fused-ring (bicyclic) bond motifs is 1. The van der Waals surface area contributed by atoms with Crippen molar-refractivity contribution in [2.75, 3.05) is 18.4 Å². The van der Waals surface area contributed by atoms with Gasteiger partial charge in [-0.15, -0.1) is 0 Å². The number of anilines is 1. The predicted octanol–water partition coefficient (Wildman–Crippen LogP) is 3.57. The van der Waals surface area contributed by atoms with Crippen molar-refractivity contribution < 1.29 is 31.9 Å². The molecular weight excluding hydrogens is 446 g/mol. The average molecular weight is 473 g/mol. The van der Waals surface area contributed by atoms with Crippen LogP contribution in [0.15, 0.2) is 24.3 Å². The summed E-state index contributed by atoms with van der Waals surface area (Å²) in [5.74, 6) is 4.26. The molecule has 2 aromatic rings. The van der Waals surface area contributed by atoms with Crippen LogP contribution in [0, 0.1) is 0 Å². The number of nitrogen functional groups attached to an aromatic ring is 1. The summed E-state index contributed by atoms with van der Waals surface area (Å²) >= 11 is 0. The summed E-state index contributed by atoms with van der Waals surface area (Å²) in [4.78, 5) is 25.6. The lowest BCUT2D eigenvalue weighted by Crippen LogP contribution is -2.51. The molecule has 0 aliphatic carbocycles. The fourth-order valence-corrected chi connectivity index (χ4v) is 3.78. The number of hydrogen-bond donors (Lipinski definition) is 3. The van der Waals surface area contributed by atoms with E-state index in [1.807, 2.05) is 5.43 Å². The molecule has 2 amide bonds. The Balaban J connectivity index is 1.84. The number of rotatable bonds is 4. The minimum Gasteiger partial charge on any atom is -0.444 e. The number of nitrogens with one attached hydrogen (secondary N) is 2. The Morgan fingerprint density at radius 2 is 1.94 bits per heavy atom. The predicted molar refractivity (Wildman–Crippen MR) is 114 cm³/mol. The highest BCUT2D eigenvalue weighted by Gasteiger charge is 2.35. The zero-order valence-electron chi connectivity index (χ0n) is 18.5. The summed E-state index contributed by atoms with van der Waals surface area (Å²) < 4.78 is 60.4. The maximum atomic E-state index is 14.9. The fourth-order valence-electron chi connectivity index (χ4n) is 3.78. The summed E-state index contributed by atoms with van der Waals surface area (Å²) in [6, 6.07) is 5.15. The van der Waals surface area contributed by atoms with Gasteiger partial charge in [0.05, 0.1) is 18.1 Å². The molecule has 0 radical (unpaired) electrons. The molecule has 12 heteroatoms. The lowest BCUT2D eigenvalue weighted by atomic mass is 10.0. The maximum Gasteiger partial charge on any atom is 0.410 e. The Morgan fingerprint density at radius 3 is 2.52 bits per heavy atom. The molecule has 1 fully saturated rings. The van der Waals surface area contributed by atoms with Crippen LogP contribution < -0.4 is 16.6 Å². The number of likely N-dealkylation sites (tertiary alicyclic amines) is 1. The lowest BCUT2D eigenvalue weighted by molar-refractivity contribution is -0.140. The molecule has 0 bridgehead atoms. The maximum absolute atomic E-state index is 14.9. The Hall–Kier alpha value is -3.02. The first-order valence-corrected chi connectivity index (χ1v) is 10.4. The molecule has 1 aromatic carbocycles. The van der Waals surface area contributed by atoms with Gasteiger partial charge in [0.25, 0.3) is 5.91 Å². The Bertz CT molecular complexity index is 1030. The van der Waals surface area contributed by atoms with Crippen LogP contribution in [0.1, 0.15) is 37.7 Å². The number of hydrazine groups is 1. The van der Waals surface area contributed by atoms with E-state index in [9.17, 15) is 27.2 Å². The molecule has 1 aliphatic rings. The van der Waals surface area contributed by atoms with E-state index in [1.165, 1.54) is 23.1 Å². The molecule has 1 aromatic heterocycles. The number of benzene rings is 1. The van der Waals surface area contributed by atoms with E-state index >= 15 is 0 Å². The molecule has 4 N–H and O–H groups in total. The topological polar surface area (TPSA) is 102 Å². The molecular formula is C21H27F4N5O3. The van der Waals surface area contributed by atoms with Crippen LogP contribution >= 0.6 is 0 Å². The van der Waals surface area contributed by atoms with Crippen LogP contribution in [-0.2, 0) is 11.3 Å². The third kappa shape index (κ3) is 5.86. The van der Waals surface area contributed by atoms with Gasteiger partial charge in [-0.2, -0.15) is 13.2 Å². The van der Waals surface area contributed by atoms with Crippen LogP contribution in [0.2, 0.25) is 0 Å². The minimum absolute atomic E-state index is 0.150. The molecule has 0 spiro atoms. The summed E-state index contributed by atoms with van der Waals surface area (Å²) in [5, 5.41) is 3.35. The van der Waals surface area contributed by atoms with E-state index < -0.39 is 42.5 Å². The molecule has 2 atom stereocenters. The number of halogens is 4. The van der Waals surface area contributed by atoms with Gasteiger partial charge in [-0.25, -0.2) is 15.0 Å². The number of nitrogens with two attached hydrogens (primary N) is 1. The van der Waals surface area contributed by atoms with Crippen LogP contribution in [0.25, 0.3) is 10.9 Å². The van der Waals surface area contributed by atoms with Crippen LogP contribution in [0.3, 0.4) is 0 Å². The number of nitrogens with zero attached hydrogens (tertiary/aromatic N) is 2. The third-order valence-electron chi connectivity index (χ3n) is 5.18. The second kappa shape index (κ2) is 9.08. The monoisotopic (exact) mass is 473 g/mol. The number of ether oxygens (including phenoxy) is 1. The summed E-state index contributed by atoms with van der Waals surface area (Å²) in [7, 11) is 0. The van der Waals surface area contributed by atoms with Crippen molar-refractivity contribution in [1.29, 1.82) is 0 Å². The van der Waals surface area contributed by atoms with Gasteiger partial charge < -0.3 is 19.5 Å². The molecule has 182 valence electrons. The molecule has 8 nitrogen and oxygen atoms in total. The van der Waals surface area contributed by atoms with Crippen molar-refractivity contribution in [3.63, 3.8) is 0 Å². The molecule has 0 unspecified atom stereocenters. The van der Waals surface area contributed by atoms with Gasteiger partial charge in [0.2, 0.25) is 0 Å². The molecule has 0 saturated carbocycles. The quantitative estimate of drug-likeness (QED) is 0.273. The van der Waals surface area contributed by atoms with E-state index in [2.05, 4.69) is 5.32 Å². The van der Waals surface area contributed by atoms with Gasteiger partial charge in [0, 0.05) is 17.6 Å². The number of alkyl halides is 4. The molecule has 33 heavy (non-hydrogen) atoms. The normalized spacial score (nSPS) is 19.5. The van der Waals surface area contributed by atoms with E-state index in [0.29, 0.717) is 11.1 Å². The van der Waals surface area contributed by atoms with Crippen LogP contribution in [0.4, 0.5) is 28.0 Å². The number of aromatic nitrogens is 1. The first-order valence-electron chi connectivity index (χ1n) is 10.4. The van der Waals surface area contributed by atoms with E-state index in [0.717, 1.165) is 4.57 Å². The Labute approximate surface area is 188 Å². The molecule has 2 heterocycles. The van der Waals surface area contributed by atoms with Crippen molar-refractivity contribution >= 4 is 28.6 Å². The SMILES string of the molecule is CC(C)(C)OC(=O)N1CC[C@@H](Nc2cccc3c2cc(C(=O)NN)n3CC(F)(F)F)[C@@H](F)C1. The van der Waals surface area contributed by atoms with Crippen LogP contribution in [-0.4, -0.2) is 58.5 Å². The van der Waals surface area contributed by atoms with Crippen LogP contribution in [0.5, 0.6) is 0 Å². The average Bonchev–Trinajstić information content (AvgIpc) is 3.05. The van der Waals surface area contributed by atoms with Crippen molar-refractivity contribution in [2.45, 2.75) is 57.7 Å². The van der Waals surface area contributed by atoms with Gasteiger partial charge in [0.15, 0.2) is 0 Å². The highest BCUT2D eigenvalue weighted by Crippen LogP contribution is 2.32. The zero-order chi connectivity index (χ0) is 24.6. The first-order chi connectivity index (χ1) is 15.3. The number of piperidine rings is 1. The van der Waals surface area contributed by atoms with Crippen molar-refractivity contribution in [3.05, 3.63) is 30.0 Å². The summed E-state index contributed by atoms with van der Waals surface area (Å²) in [6.45, 7) is 3.84. The standard InChI is InChI=1S/C21H27F4N5O3/c1-20(2,3)33-19(32)29-8-7-15(13(22)10-29)27-14-5-4-6-16-12(14)9-17(18(31)28-26)30(16)11-21(23,24)25/h4-6,9,13,15,27H,7-8,10-11,26H2,1-3H3,(H,28,31)/t13-,15+/m0/s1. The van der Waals surface area contributed by atoms with Crippen molar-refractivity contribution in [3.8, 4) is 0 Å². The van der Waals surface area contributed by atoms with Gasteiger partial charge >= 0.3 is 12.3 Å². The van der Waals surface area contributed by atoms with E-state index in [4.69, 9.17) is 10.6 Å². The molecule has 1 saturated heterocycles. The Morgan fingerprint density at radius 1 is 1.24 bits per heavy atom. The number of amides is 2. The second-order valence-electron chi connectivity index (χ2n) is 8.92. The first kappa shape index (κ1) is 24.6. The summed E-state index contributed by atoms with van der Waals surface area (Å²) in [6.07, 6.45) is -6.36. The third-order valence-corrected chi connectivity index (χ3v) is 5.18. The molecule has 1 aliphatic heterocycles. The Kier molecular flexibility index (Phi) is 6.78. The minimum atomic E-state index is -4.57. The molecule has 3 rings (SSSR count). The summed E-state index contributed by atoms with van der Waals surface area (Å²) in [5.41, 5.74) is 1.40. The number of carbonyl (C=O) groups excluding carboxylic acids is 2. The smallest absolute Gasteiger partial charge is 0.410 e.